The fourth-order valence-electron chi connectivity index (χ4n) is 2.35. The third kappa shape index (κ3) is 2.86. The molecule has 0 bridgehead atoms. The van der Waals surface area contributed by atoms with Gasteiger partial charge >= 0.3 is 5.97 Å². The molecule has 2 aliphatic rings. The Morgan fingerprint density at radius 1 is 1.00 bits per heavy atom. The maximum atomic E-state index is 11.6. The van der Waals surface area contributed by atoms with Crippen LogP contribution in [0.15, 0.2) is 0 Å². The van der Waals surface area contributed by atoms with Crippen LogP contribution in [-0.2, 0) is 19.0 Å². The molecule has 104 valence electrons. The minimum atomic E-state index is -0.595. The summed E-state index contributed by atoms with van der Waals surface area (Å²) in [6, 6.07) is 0. The lowest BCUT2D eigenvalue weighted by Gasteiger charge is -2.04. The van der Waals surface area contributed by atoms with Crippen LogP contribution in [0.2, 0.25) is 0 Å². The molecule has 2 rings (SSSR count). The zero-order valence-corrected chi connectivity index (χ0v) is 11.5. The number of fused-ring (bicyclic) bond motifs is 1. The summed E-state index contributed by atoms with van der Waals surface area (Å²) in [4.78, 5) is 11.6. The molecule has 0 saturated carbocycles. The van der Waals surface area contributed by atoms with Gasteiger partial charge in [0.1, 0.15) is 6.42 Å². The summed E-state index contributed by atoms with van der Waals surface area (Å²) in [6.45, 7) is 4.82. The molecule has 0 atom stereocenters. The van der Waals surface area contributed by atoms with Crippen LogP contribution in [-0.4, -0.2) is 24.2 Å². The van der Waals surface area contributed by atoms with Crippen molar-refractivity contribution in [3.8, 4) is 0 Å². The highest BCUT2D eigenvalue weighted by molar-refractivity contribution is 5.72. The van der Waals surface area contributed by atoms with E-state index in [2.05, 4.69) is 13.8 Å². The SMILES string of the molecule is CCCCCCOC(=O)CC12OC1(CCCC)O2. The molecule has 0 spiro atoms. The van der Waals surface area contributed by atoms with Crippen molar-refractivity contribution in [3.05, 3.63) is 0 Å². The number of ether oxygens (including phenoxy) is 3. The maximum Gasteiger partial charge on any atom is 0.311 e. The topological polar surface area (TPSA) is 51.4 Å². The van der Waals surface area contributed by atoms with Gasteiger partial charge in [0.15, 0.2) is 0 Å². The van der Waals surface area contributed by atoms with E-state index < -0.39 is 11.6 Å². The van der Waals surface area contributed by atoms with E-state index in [0.29, 0.717) is 6.61 Å². The highest BCUT2D eigenvalue weighted by atomic mass is 17.0. The highest BCUT2D eigenvalue weighted by Gasteiger charge is 2.90. The Labute approximate surface area is 109 Å². The largest absolute Gasteiger partial charge is 0.466 e. The van der Waals surface area contributed by atoms with Gasteiger partial charge in [0, 0.05) is 6.42 Å². The fraction of sp³-hybridized carbons (Fsp3) is 0.929. The lowest BCUT2D eigenvalue weighted by Crippen LogP contribution is -2.12. The monoisotopic (exact) mass is 256 g/mol. The van der Waals surface area contributed by atoms with Crippen LogP contribution in [0.25, 0.3) is 0 Å². The number of rotatable bonds is 10. The van der Waals surface area contributed by atoms with E-state index in [9.17, 15) is 4.79 Å². The number of unbranched alkanes of at least 4 members (excludes halogenated alkanes) is 4. The number of carbonyl (C=O) groups is 1. The Bertz CT molecular complexity index is 294. The van der Waals surface area contributed by atoms with Crippen molar-refractivity contribution in [2.75, 3.05) is 6.61 Å². The highest BCUT2D eigenvalue weighted by Crippen LogP contribution is 2.71. The van der Waals surface area contributed by atoms with Gasteiger partial charge in [0.05, 0.1) is 6.61 Å². The standard InChI is InChI=1S/C14H24O4/c1-3-5-7-8-10-16-12(15)11-14-13(17-14,18-14)9-6-4-2/h3-11H2,1-2H3. The van der Waals surface area contributed by atoms with Crippen molar-refractivity contribution in [2.45, 2.75) is 76.8 Å². The normalized spacial score (nSPS) is 31.9. The Hall–Kier alpha value is -0.610. The molecular formula is C14H24O4. The van der Waals surface area contributed by atoms with Gasteiger partial charge in [-0.1, -0.05) is 39.5 Å². The smallest absolute Gasteiger partial charge is 0.311 e. The van der Waals surface area contributed by atoms with Crippen molar-refractivity contribution in [1.29, 1.82) is 0 Å². The number of hydrogen-bond donors (Lipinski definition) is 0. The summed E-state index contributed by atoms with van der Waals surface area (Å²) in [6.07, 6.45) is 7.82. The van der Waals surface area contributed by atoms with E-state index >= 15 is 0 Å². The maximum absolute atomic E-state index is 11.6. The Morgan fingerprint density at radius 2 is 1.72 bits per heavy atom. The van der Waals surface area contributed by atoms with Crippen LogP contribution in [0.1, 0.15) is 65.2 Å². The van der Waals surface area contributed by atoms with Crippen molar-refractivity contribution >= 4 is 5.97 Å². The first-order valence-corrected chi connectivity index (χ1v) is 7.24. The molecule has 4 heteroatoms. The van der Waals surface area contributed by atoms with Crippen LogP contribution < -0.4 is 0 Å². The number of esters is 1. The number of epoxide rings is 2. The van der Waals surface area contributed by atoms with Gasteiger partial charge < -0.3 is 14.2 Å². The van der Waals surface area contributed by atoms with E-state index in [0.717, 1.165) is 32.1 Å². The van der Waals surface area contributed by atoms with Gasteiger partial charge in [-0.25, -0.2) is 0 Å². The van der Waals surface area contributed by atoms with Crippen LogP contribution >= 0.6 is 0 Å². The Morgan fingerprint density at radius 3 is 2.39 bits per heavy atom. The summed E-state index contributed by atoms with van der Waals surface area (Å²) in [5.74, 6) is -1.20. The van der Waals surface area contributed by atoms with Gasteiger partial charge in [-0.3, -0.25) is 4.79 Å². The molecule has 0 N–H and O–H groups in total. The van der Waals surface area contributed by atoms with Crippen molar-refractivity contribution in [2.24, 2.45) is 0 Å². The molecule has 0 aliphatic carbocycles. The average Bonchev–Trinajstić information content (AvgIpc) is 3.12. The Kier molecular flexibility index (Phi) is 4.28. The molecule has 0 aromatic heterocycles. The third-order valence-electron chi connectivity index (χ3n) is 3.65. The second-order valence-corrected chi connectivity index (χ2v) is 5.27. The van der Waals surface area contributed by atoms with Gasteiger partial charge in [-0.05, 0) is 12.8 Å². The summed E-state index contributed by atoms with van der Waals surface area (Å²) in [5.41, 5.74) is 0. The lowest BCUT2D eigenvalue weighted by molar-refractivity contribution is -0.153. The predicted octanol–water partition coefficient (Wildman–Crippen LogP) is 3.14. The van der Waals surface area contributed by atoms with Gasteiger partial charge in [-0.15, -0.1) is 0 Å². The minimum Gasteiger partial charge on any atom is -0.466 e. The zero-order valence-electron chi connectivity index (χ0n) is 11.5. The van der Waals surface area contributed by atoms with E-state index in [4.69, 9.17) is 14.2 Å². The molecular weight excluding hydrogens is 232 g/mol. The summed E-state index contributed by atoms with van der Waals surface area (Å²) in [7, 11) is 0. The van der Waals surface area contributed by atoms with Crippen LogP contribution in [0, 0.1) is 0 Å². The lowest BCUT2D eigenvalue weighted by atomic mass is 10.1. The average molecular weight is 256 g/mol. The summed E-state index contributed by atoms with van der Waals surface area (Å²) < 4.78 is 16.1. The molecule has 0 radical (unpaired) electrons. The first-order valence-electron chi connectivity index (χ1n) is 7.24. The van der Waals surface area contributed by atoms with E-state index in [1.54, 1.807) is 0 Å². The van der Waals surface area contributed by atoms with E-state index in [1.807, 2.05) is 0 Å². The van der Waals surface area contributed by atoms with Gasteiger partial charge in [-0.2, -0.15) is 0 Å². The molecule has 0 unspecified atom stereocenters. The van der Waals surface area contributed by atoms with Gasteiger partial charge in [0.2, 0.25) is 11.6 Å². The van der Waals surface area contributed by atoms with Crippen LogP contribution in [0.5, 0.6) is 0 Å². The molecule has 0 aromatic rings. The van der Waals surface area contributed by atoms with Crippen molar-refractivity contribution in [1.82, 2.24) is 0 Å². The second kappa shape index (κ2) is 5.57. The third-order valence-corrected chi connectivity index (χ3v) is 3.65. The van der Waals surface area contributed by atoms with Crippen molar-refractivity contribution in [3.63, 3.8) is 0 Å². The molecule has 4 nitrogen and oxygen atoms in total. The number of carbonyl (C=O) groups excluding carboxylic acids is 1. The molecule has 2 aliphatic heterocycles. The molecule has 0 aromatic carbocycles. The van der Waals surface area contributed by atoms with Crippen molar-refractivity contribution < 1.29 is 19.0 Å². The van der Waals surface area contributed by atoms with Crippen LogP contribution in [0.3, 0.4) is 0 Å². The summed E-state index contributed by atoms with van der Waals surface area (Å²) in [5, 5.41) is 0. The van der Waals surface area contributed by atoms with E-state index in [-0.39, 0.29) is 12.4 Å². The molecule has 2 fully saturated rings. The molecule has 2 saturated heterocycles. The molecule has 0 amide bonds. The fourth-order valence-corrected chi connectivity index (χ4v) is 2.35. The quantitative estimate of drug-likeness (QED) is 0.342. The van der Waals surface area contributed by atoms with E-state index in [1.165, 1.54) is 12.8 Å². The molecule has 2 heterocycles. The molecule has 18 heavy (non-hydrogen) atoms. The first kappa shape index (κ1) is 13.8. The summed E-state index contributed by atoms with van der Waals surface area (Å²) >= 11 is 0. The first-order chi connectivity index (χ1) is 8.68. The number of hydrogen-bond acceptors (Lipinski definition) is 4. The van der Waals surface area contributed by atoms with Crippen LogP contribution in [0.4, 0.5) is 0 Å². The van der Waals surface area contributed by atoms with Gasteiger partial charge in [0.25, 0.3) is 0 Å². The predicted molar refractivity (Wildman–Crippen MR) is 66.9 cm³/mol. The second-order valence-electron chi connectivity index (χ2n) is 5.27. The Balaban J connectivity index is 1.54. The minimum absolute atomic E-state index is 0.192. The zero-order chi connectivity index (χ0) is 13.1.